The summed E-state index contributed by atoms with van der Waals surface area (Å²) in [5.41, 5.74) is 9.63. The fourth-order valence-electron chi connectivity index (χ4n) is 1.87. The number of anilines is 1. The van der Waals surface area contributed by atoms with E-state index in [-0.39, 0.29) is 0 Å². The Morgan fingerprint density at radius 3 is 2.39 bits per heavy atom. The Kier molecular flexibility index (Phi) is 3.78. The Morgan fingerprint density at radius 2 is 1.78 bits per heavy atom. The zero-order valence-electron chi connectivity index (χ0n) is 10.5. The van der Waals surface area contributed by atoms with Gasteiger partial charge in [-0.3, -0.25) is 0 Å². The molecule has 2 N–H and O–H groups in total. The molecule has 2 aromatic rings. The Balaban J connectivity index is 2.14. The highest BCUT2D eigenvalue weighted by molar-refractivity contribution is 6.33. The highest BCUT2D eigenvalue weighted by Crippen LogP contribution is 2.25. The van der Waals surface area contributed by atoms with Crippen LogP contribution in [0.5, 0.6) is 5.75 Å². The monoisotopic (exact) mass is 261 g/mol. The fourth-order valence-corrected chi connectivity index (χ4v) is 1.98. The molecule has 94 valence electrons. The molecule has 0 amide bonds. The fraction of sp³-hybridized carbons (Fsp3) is 0.200. The van der Waals surface area contributed by atoms with Gasteiger partial charge in [0.25, 0.3) is 0 Å². The third-order valence-electron chi connectivity index (χ3n) is 2.85. The van der Waals surface area contributed by atoms with Crippen molar-refractivity contribution in [2.75, 3.05) is 5.73 Å². The molecule has 3 heteroatoms. The zero-order valence-corrected chi connectivity index (χ0v) is 11.3. The Bertz CT molecular complexity index is 546. The molecular formula is C15H16ClNO. The first-order chi connectivity index (χ1) is 8.58. The molecule has 0 heterocycles. The van der Waals surface area contributed by atoms with Crippen molar-refractivity contribution in [3.05, 3.63) is 58.1 Å². The van der Waals surface area contributed by atoms with E-state index in [0.717, 1.165) is 22.4 Å². The van der Waals surface area contributed by atoms with Gasteiger partial charge in [-0.2, -0.15) is 0 Å². The quantitative estimate of drug-likeness (QED) is 0.844. The summed E-state index contributed by atoms with van der Waals surface area (Å²) in [6.45, 7) is 4.57. The zero-order chi connectivity index (χ0) is 13.1. The van der Waals surface area contributed by atoms with Crippen LogP contribution in [0.3, 0.4) is 0 Å². The minimum atomic E-state index is 0.493. The van der Waals surface area contributed by atoms with Gasteiger partial charge in [-0.25, -0.2) is 0 Å². The normalized spacial score (nSPS) is 10.4. The van der Waals surface area contributed by atoms with Gasteiger partial charge in [0.05, 0.1) is 10.7 Å². The second-order valence-corrected chi connectivity index (χ2v) is 4.77. The average molecular weight is 262 g/mol. The van der Waals surface area contributed by atoms with Gasteiger partial charge in [0.1, 0.15) is 12.4 Å². The van der Waals surface area contributed by atoms with Gasteiger partial charge < -0.3 is 10.5 Å². The van der Waals surface area contributed by atoms with E-state index in [4.69, 9.17) is 22.1 Å². The van der Waals surface area contributed by atoms with E-state index < -0.39 is 0 Å². The van der Waals surface area contributed by atoms with Crippen molar-refractivity contribution >= 4 is 17.3 Å². The molecule has 0 aliphatic heterocycles. The molecule has 2 nitrogen and oxygen atoms in total. The van der Waals surface area contributed by atoms with E-state index in [0.29, 0.717) is 17.3 Å². The first-order valence-electron chi connectivity index (χ1n) is 5.81. The van der Waals surface area contributed by atoms with E-state index in [1.165, 1.54) is 0 Å². The van der Waals surface area contributed by atoms with Crippen LogP contribution in [0.1, 0.15) is 16.7 Å². The molecule has 0 unspecified atom stereocenters. The number of para-hydroxylation sites is 1. The molecule has 18 heavy (non-hydrogen) atoms. The Labute approximate surface area is 112 Å². The summed E-state index contributed by atoms with van der Waals surface area (Å²) >= 11 is 5.88. The molecule has 0 fully saturated rings. The van der Waals surface area contributed by atoms with Crippen LogP contribution in [-0.2, 0) is 6.61 Å². The molecule has 0 atom stereocenters. The topological polar surface area (TPSA) is 35.2 Å². The molecular weight excluding hydrogens is 246 g/mol. The molecule has 0 aliphatic carbocycles. The number of ether oxygens (including phenoxy) is 1. The van der Waals surface area contributed by atoms with Crippen molar-refractivity contribution in [1.29, 1.82) is 0 Å². The van der Waals surface area contributed by atoms with Gasteiger partial charge >= 0.3 is 0 Å². The van der Waals surface area contributed by atoms with E-state index in [1.807, 2.05) is 44.2 Å². The highest BCUT2D eigenvalue weighted by Gasteiger charge is 2.04. The lowest BCUT2D eigenvalue weighted by molar-refractivity contribution is 0.302. The number of rotatable bonds is 3. The Hall–Kier alpha value is -1.67. The van der Waals surface area contributed by atoms with Crippen molar-refractivity contribution in [1.82, 2.24) is 0 Å². The summed E-state index contributed by atoms with van der Waals surface area (Å²) in [6.07, 6.45) is 0. The van der Waals surface area contributed by atoms with Crippen molar-refractivity contribution in [2.45, 2.75) is 20.5 Å². The van der Waals surface area contributed by atoms with Crippen LogP contribution in [0.15, 0.2) is 36.4 Å². The van der Waals surface area contributed by atoms with E-state index in [9.17, 15) is 0 Å². The molecule has 2 rings (SSSR count). The first kappa shape index (κ1) is 12.8. The Morgan fingerprint density at radius 1 is 1.11 bits per heavy atom. The molecule has 0 aromatic heterocycles. The summed E-state index contributed by atoms with van der Waals surface area (Å²) in [5, 5.41) is 0.575. The summed E-state index contributed by atoms with van der Waals surface area (Å²) in [5.74, 6) is 0.936. The minimum Gasteiger partial charge on any atom is -0.488 e. The maximum atomic E-state index is 5.88. The highest BCUT2D eigenvalue weighted by atomic mass is 35.5. The number of halogens is 1. The smallest absolute Gasteiger partial charge is 0.125 e. The number of nitrogens with two attached hydrogens (primary N) is 1. The van der Waals surface area contributed by atoms with Crippen LogP contribution in [0.25, 0.3) is 0 Å². The maximum absolute atomic E-state index is 5.88. The van der Waals surface area contributed by atoms with Gasteiger partial charge in [-0.15, -0.1) is 0 Å². The van der Waals surface area contributed by atoms with Crippen molar-refractivity contribution in [2.24, 2.45) is 0 Å². The van der Waals surface area contributed by atoms with E-state index in [2.05, 4.69) is 0 Å². The lowest BCUT2D eigenvalue weighted by Crippen LogP contribution is -1.99. The van der Waals surface area contributed by atoms with Crippen molar-refractivity contribution in [3.63, 3.8) is 0 Å². The van der Waals surface area contributed by atoms with Gasteiger partial charge in [-0.05, 0) is 42.7 Å². The van der Waals surface area contributed by atoms with Crippen molar-refractivity contribution < 1.29 is 4.74 Å². The molecule has 0 spiro atoms. The van der Waals surface area contributed by atoms with Crippen LogP contribution in [-0.4, -0.2) is 0 Å². The third-order valence-corrected chi connectivity index (χ3v) is 3.20. The molecule has 0 radical (unpaired) electrons. The SMILES string of the molecule is Cc1cccc(C)c1OCc1ccc(Cl)c(N)c1. The predicted octanol–water partition coefficient (Wildman–Crippen LogP) is 4.12. The van der Waals surface area contributed by atoms with Crippen LogP contribution in [0.4, 0.5) is 5.69 Å². The molecule has 0 saturated carbocycles. The van der Waals surface area contributed by atoms with Crippen LogP contribution >= 0.6 is 11.6 Å². The molecule has 0 aliphatic rings. The van der Waals surface area contributed by atoms with Gasteiger partial charge in [0.15, 0.2) is 0 Å². The lowest BCUT2D eigenvalue weighted by Gasteiger charge is -2.12. The summed E-state index contributed by atoms with van der Waals surface area (Å²) in [4.78, 5) is 0. The number of aryl methyl sites for hydroxylation is 2. The summed E-state index contributed by atoms with van der Waals surface area (Å²) < 4.78 is 5.85. The van der Waals surface area contributed by atoms with Gasteiger partial charge in [-0.1, -0.05) is 35.9 Å². The second-order valence-electron chi connectivity index (χ2n) is 4.37. The average Bonchev–Trinajstić information content (AvgIpc) is 2.33. The third kappa shape index (κ3) is 2.77. The van der Waals surface area contributed by atoms with Crippen LogP contribution < -0.4 is 10.5 Å². The first-order valence-corrected chi connectivity index (χ1v) is 6.18. The van der Waals surface area contributed by atoms with Crippen LogP contribution in [0, 0.1) is 13.8 Å². The van der Waals surface area contributed by atoms with E-state index >= 15 is 0 Å². The molecule has 0 bridgehead atoms. The maximum Gasteiger partial charge on any atom is 0.125 e. The number of benzene rings is 2. The number of hydrogen-bond donors (Lipinski definition) is 1. The summed E-state index contributed by atoms with van der Waals surface area (Å²) in [6, 6.07) is 11.7. The molecule has 2 aromatic carbocycles. The van der Waals surface area contributed by atoms with Crippen LogP contribution in [0.2, 0.25) is 5.02 Å². The second kappa shape index (κ2) is 5.32. The minimum absolute atomic E-state index is 0.493. The lowest BCUT2D eigenvalue weighted by atomic mass is 10.1. The number of nitrogen functional groups attached to an aromatic ring is 1. The largest absolute Gasteiger partial charge is 0.488 e. The molecule has 0 saturated heterocycles. The predicted molar refractivity (Wildman–Crippen MR) is 76.1 cm³/mol. The van der Waals surface area contributed by atoms with Crippen molar-refractivity contribution in [3.8, 4) is 5.75 Å². The van der Waals surface area contributed by atoms with E-state index in [1.54, 1.807) is 6.07 Å². The number of hydrogen-bond acceptors (Lipinski definition) is 2. The summed E-state index contributed by atoms with van der Waals surface area (Å²) in [7, 11) is 0. The van der Waals surface area contributed by atoms with Gasteiger partial charge in [0, 0.05) is 0 Å². The standard InChI is InChI=1S/C15H16ClNO/c1-10-4-3-5-11(2)15(10)18-9-12-6-7-13(16)14(17)8-12/h3-8H,9,17H2,1-2H3. The van der Waals surface area contributed by atoms with Gasteiger partial charge in [0.2, 0.25) is 0 Å².